The molecular weight excluding hydrogens is 483 g/mol. The van der Waals surface area contributed by atoms with E-state index >= 15 is 0 Å². The third-order valence-electron chi connectivity index (χ3n) is 8.11. The molecule has 0 bridgehead atoms. The van der Waals surface area contributed by atoms with Gasteiger partial charge in [0, 0.05) is 33.8 Å². The molecular formula is C35H26FN2O+. The van der Waals surface area contributed by atoms with Gasteiger partial charge >= 0.3 is 0 Å². The summed E-state index contributed by atoms with van der Waals surface area (Å²) in [6.07, 6.45) is -0.333. The van der Waals surface area contributed by atoms with Gasteiger partial charge in [-0.2, -0.15) is 5.26 Å². The molecule has 6 aromatic rings. The predicted molar refractivity (Wildman–Crippen MR) is 153 cm³/mol. The van der Waals surface area contributed by atoms with Crippen LogP contribution in [0.4, 0.5) is 4.39 Å². The van der Waals surface area contributed by atoms with Gasteiger partial charge in [0.2, 0.25) is 5.69 Å². The summed E-state index contributed by atoms with van der Waals surface area (Å²) < 4.78 is 47.7. The Hall–Kier alpha value is -4.75. The van der Waals surface area contributed by atoms with Crippen molar-refractivity contribution >= 4 is 21.9 Å². The van der Waals surface area contributed by atoms with Gasteiger partial charge in [0.05, 0.1) is 19.9 Å². The normalized spacial score (nSPS) is 14.5. The van der Waals surface area contributed by atoms with E-state index in [1.807, 2.05) is 25.1 Å². The minimum Gasteiger partial charge on any atom is -0.454 e. The van der Waals surface area contributed by atoms with Crippen LogP contribution in [-0.2, 0) is 12.5 Å². The average Bonchev–Trinajstić information content (AvgIpc) is 3.48. The number of aromatic nitrogens is 1. The Morgan fingerprint density at radius 1 is 0.923 bits per heavy atom. The second kappa shape index (κ2) is 8.12. The lowest BCUT2D eigenvalue weighted by Crippen LogP contribution is -2.30. The first kappa shape index (κ1) is 20.2. The minimum absolute atomic E-state index is 0.162. The molecule has 4 aromatic carbocycles. The van der Waals surface area contributed by atoms with E-state index in [1.165, 1.54) is 26.8 Å². The lowest BCUT2D eigenvalue weighted by Gasteiger charge is -2.22. The molecule has 0 spiro atoms. The smallest absolute Gasteiger partial charge is 0.219 e. The summed E-state index contributed by atoms with van der Waals surface area (Å²) in [7, 11) is 1.55. The van der Waals surface area contributed by atoms with E-state index in [9.17, 15) is 9.65 Å². The standard InChI is InChI=1S/C35H26FN2O/c1-20-9-11-26-28-16-21(19-37)15-27(33(28)39-34(26)32(20)31-18-23(36)13-14-38(31)4)22-10-12-25-24-7-5-6-8-29(24)35(2,3)30(25)17-22/h5-18H,1-4H3/q+1/i13D,14D,18D. The average molecular weight is 513 g/mol. The molecule has 2 aromatic heterocycles. The number of hydrogen-bond donors (Lipinski definition) is 0. The highest BCUT2D eigenvalue weighted by atomic mass is 19.1. The maximum absolute atomic E-state index is 14.9. The van der Waals surface area contributed by atoms with Gasteiger partial charge in [-0.15, -0.1) is 0 Å². The number of pyridine rings is 1. The maximum atomic E-state index is 14.9. The lowest BCUT2D eigenvalue weighted by atomic mass is 9.81. The fourth-order valence-electron chi connectivity index (χ4n) is 6.12. The molecule has 1 aliphatic carbocycles. The van der Waals surface area contributed by atoms with E-state index < -0.39 is 17.9 Å². The van der Waals surface area contributed by atoms with Crippen molar-refractivity contribution in [1.29, 1.82) is 5.26 Å². The number of furan rings is 1. The molecule has 0 aliphatic heterocycles. The highest BCUT2D eigenvalue weighted by molar-refractivity contribution is 6.13. The van der Waals surface area contributed by atoms with Crippen LogP contribution in [0.25, 0.3) is 55.4 Å². The van der Waals surface area contributed by atoms with Gasteiger partial charge in [-0.05, 0) is 58.5 Å². The number of halogens is 1. The summed E-state index contributed by atoms with van der Waals surface area (Å²) >= 11 is 0. The van der Waals surface area contributed by atoms with Crippen LogP contribution >= 0.6 is 0 Å². The molecule has 0 saturated carbocycles. The van der Waals surface area contributed by atoms with Crippen LogP contribution in [0.1, 0.15) is 40.2 Å². The summed E-state index contributed by atoms with van der Waals surface area (Å²) in [5.41, 5.74) is 9.26. The predicted octanol–water partition coefficient (Wildman–Crippen LogP) is 8.37. The van der Waals surface area contributed by atoms with Crippen LogP contribution in [-0.4, -0.2) is 0 Å². The van der Waals surface area contributed by atoms with Gasteiger partial charge in [-0.1, -0.05) is 62.4 Å². The topological polar surface area (TPSA) is 40.8 Å². The second-order valence-electron chi connectivity index (χ2n) is 10.8. The van der Waals surface area contributed by atoms with Crippen molar-refractivity contribution in [3.63, 3.8) is 0 Å². The molecule has 7 rings (SSSR count). The molecule has 3 nitrogen and oxygen atoms in total. The van der Waals surface area contributed by atoms with Crippen molar-refractivity contribution in [3.8, 4) is 39.6 Å². The molecule has 2 heterocycles. The third-order valence-corrected chi connectivity index (χ3v) is 8.11. The number of rotatable bonds is 2. The van der Waals surface area contributed by atoms with E-state index in [1.54, 1.807) is 13.1 Å². The van der Waals surface area contributed by atoms with E-state index in [0.717, 1.165) is 27.5 Å². The van der Waals surface area contributed by atoms with Crippen LogP contribution in [0.15, 0.2) is 89.4 Å². The van der Waals surface area contributed by atoms with Gasteiger partial charge < -0.3 is 4.42 Å². The van der Waals surface area contributed by atoms with Crippen molar-refractivity contribution in [3.05, 3.63) is 113 Å². The minimum atomic E-state index is -1.05. The van der Waals surface area contributed by atoms with Crippen LogP contribution in [0, 0.1) is 24.1 Å². The zero-order chi connectivity index (χ0) is 29.7. The fraction of sp³-hybridized carbons (Fsp3) is 0.143. The Kier molecular flexibility index (Phi) is 4.22. The zero-order valence-corrected chi connectivity index (χ0v) is 22.0. The number of nitrogens with zero attached hydrogens (tertiary/aromatic N) is 2. The van der Waals surface area contributed by atoms with Crippen molar-refractivity contribution < 1.29 is 17.5 Å². The Labute approximate surface area is 230 Å². The van der Waals surface area contributed by atoms with Crippen molar-refractivity contribution in [1.82, 2.24) is 0 Å². The van der Waals surface area contributed by atoms with Crippen LogP contribution in [0.2, 0.25) is 0 Å². The molecule has 188 valence electrons. The van der Waals surface area contributed by atoms with Crippen LogP contribution < -0.4 is 4.57 Å². The molecule has 1 aliphatic rings. The largest absolute Gasteiger partial charge is 0.454 e. The van der Waals surface area contributed by atoms with Crippen molar-refractivity contribution in [2.24, 2.45) is 7.05 Å². The highest BCUT2D eigenvalue weighted by Gasteiger charge is 2.35. The SMILES string of the molecule is [2H]c1c(F)c([2H])c(-c2c(C)ccc3c2oc2c(-c4ccc5c(c4)C(C)(C)c4ccccc4-5)cc(C#N)cc23)[n+](C)c1[2H]. The fourth-order valence-corrected chi connectivity index (χ4v) is 6.12. The quantitative estimate of drug-likeness (QED) is 0.219. The van der Waals surface area contributed by atoms with Crippen molar-refractivity contribution in [2.75, 3.05) is 0 Å². The van der Waals surface area contributed by atoms with E-state index in [0.29, 0.717) is 22.3 Å². The first-order chi connectivity index (χ1) is 20.0. The van der Waals surface area contributed by atoms with E-state index in [2.05, 4.69) is 62.4 Å². The number of benzene rings is 4. The summed E-state index contributed by atoms with van der Waals surface area (Å²) in [4.78, 5) is 0. The molecule has 0 atom stereocenters. The lowest BCUT2D eigenvalue weighted by molar-refractivity contribution is -0.660. The summed E-state index contributed by atoms with van der Waals surface area (Å²) in [5, 5.41) is 11.4. The third kappa shape index (κ3) is 3.30. The highest BCUT2D eigenvalue weighted by Crippen LogP contribution is 2.50. The number of aryl methyl sites for hydroxylation is 1. The molecule has 0 N–H and O–H groups in total. The summed E-state index contributed by atoms with van der Waals surface area (Å²) in [6.45, 7) is 6.29. The number of hydrogen-bond acceptors (Lipinski definition) is 2. The van der Waals surface area contributed by atoms with Gasteiger partial charge in [-0.25, -0.2) is 8.96 Å². The Morgan fingerprint density at radius 2 is 1.72 bits per heavy atom. The Bertz CT molecular complexity index is 2180. The van der Waals surface area contributed by atoms with E-state index in [4.69, 9.17) is 8.53 Å². The summed E-state index contributed by atoms with van der Waals surface area (Å²) in [6, 6.07) is 23.4. The molecule has 0 radical (unpaired) electrons. The monoisotopic (exact) mass is 512 g/mol. The van der Waals surface area contributed by atoms with Gasteiger partial charge in [0.1, 0.15) is 25.4 Å². The molecule has 0 fully saturated rings. The Balaban J connectivity index is 1.54. The first-order valence-corrected chi connectivity index (χ1v) is 12.8. The Morgan fingerprint density at radius 3 is 2.54 bits per heavy atom. The molecule has 0 unspecified atom stereocenters. The maximum Gasteiger partial charge on any atom is 0.219 e. The molecule has 0 saturated heterocycles. The van der Waals surface area contributed by atoms with Gasteiger partial charge in [0.15, 0.2) is 6.17 Å². The molecule has 39 heavy (non-hydrogen) atoms. The van der Waals surface area contributed by atoms with Gasteiger partial charge in [-0.3, -0.25) is 0 Å². The van der Waals surface area contributed by atoms with E-state index in [-0.39, 0.29) is 17.3 Å². The molecule has 0 amide bonds. The zero-order valence-electron chi connectivity index (χ0n) is 25.0. The van der Waals surface area contributed by atoms with Crippen LogP contribution in [0.3, 0.4) is 0 Å². The van der Waals surface area contributed by atoms with Gasteiger partial charge in [0.25, 0.3) is 0 Å². The van der Waals surface area contributed by atoms with Crippen molar-refractivity contribution in [2.45, 2.75) is 26.2 Å². The second-order valence-corrected chi connectivity index (χ2v) is 10.8. The number of nitriles is 1. The molecule has 4 heteroatoms. The van der Waals surface area contributed by atoms with Crippen LogP contribution in [0.5, 0.6) is 0 Å². The number of fused-ring (bicyclic) bond motifs is 6. The first-order valence-electron chi connectivity index (χ1n) is 14.3. The summed E-state index contributed by atoms with van der Waals surface area (Å²) in [5.74, 6) is -1.05.